The van der Waals surface area contributed by atoms with Gasteiger partial charge in [0.1, 0.15) is 0 Å². The fraction of sp³-hybridized carbons (Fsp3) is 0.333. The van der Waals surface area contributed by atoms with Crippen LogP contribution in [0.3, 0.4) is 0 Å². The van der Waals surface area contributed by atoms with Crippen LogP contribution >= 0.6 is 0 Å². The van der Waals surface area contributed by atoms with Crippen molar-refractivity contribution in [3.63, 3.8) is 0 Å². The molecule has 4 rings (SSSR count). The van der Waals surface area contributed by atoms with Gasteiger partial charge in [0, 0.05) is 37.0 Å². The highest BCUT2D eigenvalue weighted by Gasteiger charge is 2.43. The lowest BCUT2D eigenvalue weighted by Gasteiger charge is -2.43. The number of amides is 3. The van der Waals surface area contributed by atoms with E-state index in [9.17, 15) is 14.4 Å². The van der Waals surface area contributed by atoms with Gasteiger partial charge in [-0.15, -0.1) is 0 Å². The Bertz CT molecular complexity index is 855. The monoisotopic (exact) mass is 323 g/mol. The summed E-state index contributed by atoms with van der Waals surface area (Å²) >= 11 is 0. The molecule has 6 nitrogen and oxygen atoms in total. The number of hydrogen-bond acceptors (Lipinski definition) is 4. The van der Waals surface area contributed by atoms with E-state index < -0.39 is 0 Å². The first kappa shape index (κ1) is 14.8. The van der Waals surface area contributed by atoms with Gasteiger partial charge in [0.2, 0.25) is 11.8 Å². The van der Waals surface area contributed by atoms with E-state index in [0.29, 0.717) is 24.2 Å². The van der Waals surface area contributed by atoms with Gasteiger partial charge in [0.15, 0.2) is 0 Å². The topological polar surface area (TPSA) is 70.6 Å². The summed E-state index contributed by atoms with van der Waals surface area (Å²) in [4.78, 5) is 43.8. The maximum Gasteiger partial charge on any atom is 0.256 e. The summed E-state index contributed by atoms with van der Waals surface area (Å²) in [7, 11) is 0. The van der Waals surface area contributed by atoms with Gasteiger partial charge in [-0.3, -0.25) is 24.3 Å². The second kappa shape index (κ2) is 5.40. The Morgan fingerprint density at radius 2 is 1.79 bits per heavy atom. The quantitative estimate of drug-likeness (QED) is 0.786. The lowest BCUT2D eigenvalue weighted by atomic mass is 10.0. The second-order valence-corrected chi connectivity index (χ2v) is 6.35. The summed E-state index contributed by atoms with van der Waals surface area (Å²) in [5.41, 5.74) is 2.12. The number of para-hydroxylation sites is 1. The van der Waals surface area contributed by atoms with E-state index in [1.807, 2.05) is 31.2 Å². The number of benzene rings is 1. The number of hydrogen-bond donors (Lipinski definition) is 0. The summed E-state index contributed by atoms with van der Waals surface area (Å²) in [5.74, 6) is -0.354. The molecule has 0 atom stereocenters. The minimum atomic E-state index is -0.180. The number of imide groups is 1. The molecule has 2 fully saturated rings. The number of aryl methyl sites for hydroxylation is 1. The molecule has 0 N–H and O–H groups in total. The number of nitrogens with zero attached hydrogens (tertiary/aromatic N) is 3. The van der Waals surface area contributed by atoms with Crippen LogP contribution in [0.25, 0.3) is 10.9 Å². The van der Waals surface area contributed by atoms with Crippen molar-refractivity contribution in [2.24, 2.45) is 0 Å². The zero-order valence-electron chi connectivity index (χ0n) is 13.4. The fourth-order valence-corrected chi connectivity index (χ4v) is 3.37. The van der Waals surface area contributed by atoms with Crippen LogP contribution in [0, 0.1) is 6.92 Å². The summed E-state index contributed by atoms with van der Waals surface area (Å²) in [5, 5.41) is 0.924. The van der Waals surface area contributed by atoms with E-state index in [-0.39, 0.29) is 36.6 Å². The number of likely N-dealkylation sites (tertiary alicyclic amines) is 2. The molecule has 1 aromatic carbocycles. The highest BCUT2D eigenvalue weighted by Crippen LogP contribution is 2.25. The second-order valence-electron chi connectivity index (χ2n) is 6.35. The summed E-state index contributed by atoms with van der Waals surface area (Å²) in [6.45, 7) is 2.70. The number of carbonyl (C=O) groups is 3. The minimum absolute atomic E-state index is 0.103. The lowest BCUT2D eigenvalue weighted by molar-refractivity contribution is -0.144. The molecule has 3 heterocycles. The predicted octanol–water partition coefficient (Wildman–Crippen LogP) is 1.52. The van der Waals surface area contributed by atoms with E-state index >= 15 is 0 Å². The van der Waals surface area contributed by atoms with Gasteiger partial charge in [0.25, 0.3) is 5.91 Å². The van der Waals surface area contributed by atoms with Crippen molar-refractivity contribution >= 4 is 28.6 Å². The molecule has 0 saturated carbocycles. The highest BCUT2D eigenvalue weighted by molar-refractivity contribution is 6.06. The average Bonchev–Trinajstić information content (AvgIpc) is 2.85. The van der Waals surface area contributed by atoms with Gasteiger partial charge < -0.3 is 4.90 Å². The third kappa shape index (κ3) is 2.26. The molecule has 2 saturated heterocycles. The smallest absolute Gasteiger partial charge is 0.256 e. The van der Waals surface area contributed by atoms with Crippen molar-refractivity contribution < 1.29 is 14.4 Å². The van der Waals surface area contributed by atoms with Crippen molar-refractivity contribution in [1.29, 1.82) is 0 Å². The Balaban J connectivity index is 1.55. The van der Waals surface area contributed by atoms with Crippen LogP contribution in [0.15, 0.2) is 30.3 Å². The SMILES string of the molecule is Cc1ccc2cccc(C(=O)N3CC(N4C(=O)CCC4=O)C3)c2n1. The molecule has 2 aliphatic rings. The Morgan fingerprint density at radius 1 is 1.08 bits per heavy atom. The number of aromatic nitrogens is 1. The molecule has 1 aromatic heterocycles. The number of fused-ring (bicyclic) bond motifs is 1. The summed E-state index contributed by atoms with van der Waals surface area (Å²) in [6, 6.07) is 9.24. The zero-order valence-corrected chi connectivity index (χ0v) is 13.4. The first-order chi connectivity index (χ1) is 11.5. The molecule has 6 heteroatoms. The maximum atomic E-state index is 12.8. The maximum absolute atomic E-state index is 12.8. The van der Waals surface area contributed by atoms with Gasteiger partial charge in [-0.25, -0.2) is 0 Å². The minimum Gasteiger partial charge on any atom is -0.334 e. The molecule has 3 amide bonds. The lowest BCUT2D eigenvalue weighted by Crippen LogP contribution is -2.62. The van der Waals surface area contributed by atoms with Gasteiger partial charge >= 0.3 is 0 Å². The van der Waals surface area contributed by atoms with Crippen LogP contribution in [0.4, 0.5) is 0 Å². The molecule has 0 aliphatic carbocycles. The van der Waals surface area contributed by atoms with E-state index in [1.165, 1.54) is 4.90 Å². The molecule has 0 spiro atoms. The van der Waals surface area contributed by atoms with E-state index in [2.05, 4.69) is 4.98 Å². The van der Waals surface area contributed by atoms with Crippen LogP contribution < -0.4 is 0 Å². The highest BCUT2D eigenvalue weighted by atomic mass is 16.2. The Hall–Kier alpha value is -2.76. The van der Waals surface area contributed by atoms with Gasteiger partial charge in [-0.2, -0.15) is 0 Å². The van der Waals surface area contributed by atoms with Crippen LogP contribution in [0.2, 0.25) is 0 Å². The third-order valence-electron chi connectivity index (χ3n) is 4.69. The third-order valence-corrected chi connectivity index (χ3v) is 4.69. The summed E-state index contributed by atoms with van der Waals surface area (Å²) in [6.07, 6.45) is 0.575. The van der Waals surface area contributed by atoms with E-state index in [1.54, 1.807) is 11.0 Å². The molecule has 24 heavy (non-hydrogen) atoms. The Labute approximate surface area is 139 Å². The standard InChI is InChI=1S/C18H17N3O3/c1-11-5-6-12-3-2-4-14(17(12)19-11)18(24)20-9-13(10-20)21-15(22)7-8-16(21)23/h2-6,13H,7-10H2,1H3. The van der Waals surface area contributed by atoms with Gasteiger partial charge in [0.05, 0.1) is 17.1 Å². The number of pyridine rings is 1. The van der Waals surface area contributed by atoms with Crippen LogP contribution in [0.1, 0.15) is 28.9 Å². The Morgan fingerprint density at radius 3 is 2.50 bits per heavy atom. The zero-order chi connectivity index (χ0) is 16.8. The molecular formula is C18H17N3O3. The molecular weight excluding hydrogens is 306 g/mol. The summed E-state index contributed by atoms with van der Waals surface area (Å²) < 4.78 is 0. The predicted molar refractivity (Wildman–Crippen MR) is 87.3 cm³/mol. The van der Waals surface area contributed by atoms with Crippen LogP contribution in [-0.4, -0.2) is 51.6 Å². The number of rotatable bonds is 2. The Kier molecular flexibility index (Phi) is 3.33. The molecule has 2 aromatic rings. The molecule has 0 unspecified atom stereocenters. The molecule has 0 radical (unpaired) electrons. The van der Waals surface area contributed by atoms with Crippen molar-refractivity contribution in [2.75, 3.05) is 13.1 Å². The van der Waals surface area contributed by atoms with Crippen molar-refractivity contribution in [3.8, 4) is 0 Å². The molecule has 0 bridgehead atoms. The van der Waals surface area contributed by atoms with Gasteiger partial charge in [-0.05, 0) is 19.1 Å². The molecule has 2 aliphatic heterocycles. The van der Waals surface area contributed by atoms with Crippen molar-refractivity contribution in [2.45, 2.75) is 25.8 Å². The largest absolute Gasteiger partial charge is 0.334 e. The first-order valence-corrected chi connectivity index (χ1v) is 8.05. The number of carbonyl (C=O) groups excluding carboxylic acids is 3. The van der Waals surface area contributed by atoms with Crippen LogP contribution in [-0.2, 0) is 9.59 Å². The van der Waals surface area contributed by atoms with E-state index in [0.717, 1.165) is 11.1 Å². The first-order valence-electron chi connectivity index (χ1n) is 8.05. The normalized spacial score (nSPS) is 18.4. The van der Waals surface area contributed by atoms with E-state index in [4.69, 9.17) is 0 Å². The average molecular weight is 323 g/mol. The fourth-order valence-electron chi connectivity index (χ4n) is 3.37. The van der Waals surface area contributed by atoms with Crippen molar-refractivity contribution in [3.05, 3.63) is 41.6 Å². The molecule has 122 valence electrons. The van der Waals surface area contributed by atoms with Crippen LogP contribution in [0.5, 0.6) is 0 Å². The van der Waals surface area contributed by atoms with Gasteiger partial charge in [-0.1, -0.05) is 18.2 Å². The van der Waals surface area contributed by atoms with Crippen molar-refractivity contribution in [1.82, 2.24) is 14.8 Å².